The Labute approximate surface area is 233 Å². The Balaban J connectivity index is 1.45. The molecule has 6 heteroatoms. The number of unbranched alkanes of at least 4 members (excludes halogenated alkanes) is 1. The molecule has 1 N–H and O–H groups in total. The van der Waals surface area contributed by atoms with Gasteiger partial charge in [-0.1, -0.05) is 62.2 Å². The summed E-state index contributed by atoms with van der Waals surface area (Å²) in [7, 11) is 4.11. The minimum Gasteiger partial charge on any atom is -0.492 e. The molecular weight excluding hydrogens is 488 g/mol. The monoisotopic (exact) mass is 530 g/mol. The van der Waals surface area contributed by atoms with Crippen molar-refractivity contribution in [3.05, 3.63) is 89.5 Å². The third-order valence-electron chi connectivity index (χ3n) is 6.49. The van der Waals surface area contributed by atoms with E-state index in [0.717, 1.165) is 48.2 Å². The Hall–Kier alpha value is -3.64. The Morgan fingerprint density at radius 1 is 0.897 bits per heavy atom. The van der Waals surface area contributed by atoms with Crippen molar-refractivity contribution in [2.45, 2.75) is 46.1 Å². The lowest BCUT2D eigenvalue weighted by Gasteiger charge is -2.15. The number of hydrogen-bond acceptors (Lipinski definition) is 5. The van der Waals surface area contributed by atoms with Crippen LogP contribution in [0.25, 0.3) is 11.1 Å². The summed E-state index contributed by atoms with van der Waals surface area (Å²) in [6.07, 6.45) is 3.55. The first-order valence-electron chi connectivity index (χ1n) is 13.9. The van der Waals surface area contributed by atoms with E-state index >= 15 is 0 Å². The minimum atomic E-state index is -0.126. The molecule has 0 aliphatic heterocycles. The van der Waals surface area contributed by atoms with E-state index in [1.165, 1.54) is 5.56 Å². The molecule has 208 valence electrons. The fourth-order valence-electron chi connectivity index (χ4n) is 4.48. The van der Waals surface area contributed by atoms with Crippen molar-refractivity contribution in [1.82, 2.24) is 10.2 Å². The lowest BCUT2D eigenvalue weighted by molar-refractivity contribution is -0.148. The van der Waals surface area contributed by atoms with Gasteiger partial charge in [0.1, 0.15) is 12.4 Å². The SMILES string of the molecule is CCCCC(Cc1ccc(OCCNC(=O)c2ccc(-c3cccc(CN(C)C)c3)cc2)cc1)C(=O)OCC. The van der Waals surface area contributed by atoms with Crippen molar-refractivity contribution in [1.29, 1.82) is 0 Å². The number of nitrogens with one attached hydrogen (secondary N) is 1. The number of esters is 1. The highest BCUT2D eigenvalue weighted by molar-refractivity contribution is 5.94. The van der Waals surface area contributed by atoms with E-state index in [1.54, 1.807) is 0 Å². The highest BCUT2D eigenvalue weighted by Gasteiger charge is 2.19. The summed E-state index contributed by atoms with van der Waals surface area (Å²) in [6.45, 7) is 6.02. The van der Waals surface area contributed by atoms with E-state index in [9.17, 15) is 9.59 Å². The average Bonchev–Trinajstić information content (AvgIpc) is 2.94. The average molecular weight is 531 g/mol. The maximum absolute atomic E-state index is 12.6. The Kier molecular flexibility index (Phi) is 12.0. The Morgan fingerprint density at radius 3 is 2.31 bits per heavy atom. The van der Waals surface area contributed by atoms with Gasteiger partial charge in [-0.25, -0.2) is 0 Å². The lowest BCUT2D eigenvalue weighted by Crippen LogP contribution is -2.28. The summed E-state index contributed by atoms with van der Waals surface area (Å²) < 4.78 is 11.1. The normalized spacial score (nSPS) is 11.7. The van der Waals surface area contributed by atoms with Gasteiger partial charge in [-0.15, -0.1) is 0 Å². The molecule has 1 unspecified atom stereocenters. The molecule has 39 heavy (non-hydrogen) atoms. The maximum Gasteiger partial charge on any atom is 0.309 e. The second kappa shape index (κ2) is 15.7. The largest absolute Gasteiger partial charge is 0.492 e. The van der Waals surface area contributed by atoms with Gasteiger partial charge in [-0.3, -0.25) is 9.59 Å². The lowest BCUT2D eigenvalue weighted by atomic mass is 9.94. The van der Waals surface area contributed by atoms with Gasteiger partial charge in [0.05, 0.1) is 19.1 Å². The molecule has 0 aliphatic carbocycles. The van der Waals surface area contributed by atoms with Gasteiger partial charge in [0.2, 0.25) is 0 Å². The number of benzene rings is 3. The summed E-state index contributed by atoms with van der Waals surface area (Å²) in [6, 6.07) is 23.9. The Morgan fingerprint density at radius 2 is 1.64 bits per heavy atom. The molecule has 6 nitrogen and oxygen atoms in total. The number of amides is 1. The highest BCUT2D eigenvalue weighted by atomic mass is 16.5. The summed E-state index contributed by atoms with van der Waals surface area (Å²) in [5.41, 5.74) is 5.17. The van der Waals surface area contributed by atoms with Crippen LogP contribution in [-0.2, 0) is 22.5 Å². The molecule has 1 atom stereocenters. The van der Waals surface area contributed by atoms with E-state index in [4.69, 9.17) is 9.47 Å². The van der Waals surface area contributed by atoms with Crippen molar-refractivity contribution in [3.8, 4) is 16.9 Å². The zero-order valence-electron chi connectivity index (χ0n) is 23.7. The molecule has 0 fully saturated rings. The molecule has 0 saturated carbocycles. The quantitative estimate of drug-likeness (QED) is 0.189. The minimum absolute atomic E-state index is 0.116. The van der Waals surface area contributed by atoms with Gasteiger partial charge in [-0.2, -0.15) is 0 Å². The number of carbonyl (C=O) groups is 2. The molecule has 0 radical (unpaired) electrons. The van der Waals surface area contributed by atoms with Crippen LogP contribution < -0.4 is 10.1 Å². The molecule has 3 aromatic rings. The standard InChI is InChI=1S/C33H42N2O4/c1-5-7-10-30(33(37)38-6-2)22-25-12-18-31(19-13-25)39-21-20-34-32(36)28-16-14-27(15-17-28)29-11-8-9-26(23-29)24-35(3)4/h8-9,11-19,23,30H,5-7,10,20-22,24H2,1-4H3,(H,34,36). The smallest absolute Gasteiger partial charge is 0.309 e. The van der Waals surface area contributed by atoms with Gasteiger partial charge in [0, 0.05) is 12.1 Å². The fourth-order valence-corrected chi connectivity index (χ4v) is 4.48. The van der Waals surface area contributed by atoms with E-state index in [0.29, 0.717) is 31.7 Å². The second-order valence-corrected chi connectivity index (χ2v) is 10.1. The molecule has 0 aromatic heterocycles. The van der Waals surface area contributed by atoms with Gasteiger partial charge in [-0.05, 0) is 86.4 Å². The van der Waals surface area contributed by atoms with Crippen molar-refractivity contribution in [3.63, 3.8) is 0 Å². The van der Waals surface area contributed by atoms with Crippen molar-refractivity contribution in [2.75, 3.05) is 33.9 Å². The predicted octanol–water partition coefficient (Wildman–Crippen LogP) is 6.14. The molecule has 3 aromatic carbocycles. The highest BCUT2D eigenvalue weighted by Crippen LogP contribution is 2.22. The number of ether oxygens (including phenoxy) is 2. The van der Waals surface area contributed by atoms with Crippen LogP contribution in [0.15, 0.2) is 72.8 Å². The van der Waals surface area contributed by atoms with E-state index in [2.05, 4.69) is 55.5 Å². The van der Waals surface area contributed by atoms with Gasteiger partial charge >= 0.3 is 5.97 Å². The predicted molar refractivity (Wildman–Crippen MR) is 157 cm³/mol. The molecule has 1 amide bonds. The van der Waals surface area contributed by atoms with Crippen LogP contribution in [0.2, 0.25) is 0 Å². The third-order valence-corrected chi connectivity index (χ3v) is 6.49. The summed E-state index contributed by atoms with van der Waals surface area (Å²) in [5, 5.41) is 2.92. The van der Waals surface area contributed by atoms with Crippen LogP contribution in [0, 0.1) is 5.92 Å². The summed E-state index contributed by atoms with van der Waals surface area (Å²) >= 11 is 0. The second-order valence-electron chi connectivity index (χ2n) is 10.1. The summed E-state index contributed by atoms with van der Waals surface area (Å²) in [4.78, 5) is 27.0. The molecule has 3 rings (SSSR count). The number of carbonyl (C=O) groups excluding carboxylic acids is 2. The summed E-state index contributed by atoms with van der Waals surface area (Å²) in [5.74, 6) is 0.370. The first kappa shape index (κ1) is 29.9. The third kappa shape index (κ3) is 9.88. The molecule has 0 aliphatic rings. The van der Waals surface area contributed by atoms with Crippen molar-refractivity contribution < 1.29 is 19.1 Å². The van der Waals surface area contributed by atoms with E-state index in [-0.39, 0.29) is 17.8 Å². The molecule has 0 spiro atoms. The molecular formula is C33H42N2O4. The van der Waals surface area contributed by atoms with Crippen LogP contribution >= 0.6 is 0 Å². The van der Waals surface area contributed by atoms with Crippen LogP contribution in [0.3, 0.4) is 0 Å². The van der Waals surface area contributed by atoms with Crippen LogP contribution in [-0.4, -0.2) is 50.6 Å². The number of hydrogen-bond donors (Lipinski definition) is 1. The number of nitrogens with zero attached hydrogens (tertiary/aromatic N) is 1. The van der Waals surface area contributed by atoms with E-state index < -0.39 is 0 Å². The zero-order valence-corrected chi connectivity index (χ0v) is 23.7. The zero-order chi connectivity index (χ0) is 28.0. The first-order chi connectivity index (χ1) is 18.9. The molecule has 0 heterocycles. The van der Waals surface area contributed by atoms with Crippen LogP contribution in [0.4, 0.5) is 0 Å². The van der Waals surface area contributed by atoms with Crippen molar-refractivity contribution >= 4 is 11.9 Å². The maximum atomic E-state index is 12.6. The van der Waals surface area contributed by atoms with Crippen molar-refractivity contribution in [2.24, 2.45) is 5.92 Å². The topological polar surface area (TPSA) is 67.9 Å². The fraction of sp³-hybridized carbons (Fsp3) is 0.394. The molecule has 0 saturated heterocycles. The van der Waals surface area contributed by atoms with Crippen LogP contribution in [0.1, 0.15) is 54.6 Å². The first-order valence-corrected chi connectivity index (χ1v) is 13.9. The van der Waals surface area contributed by atoms with Gasteiger partial charge < -0.3 is 19.7 Å². The molecule has 0 bridgehead atoms. The van der Waals surface area contributed by atoms with Gasteiger partial charge in [0.25, 0.3) is 5.91 Å². The van der Waals surface area contributed by atoms with E-state index in [1.807, 2.05) is 55.5 Å². The number of rotatable bonds is 15. The van der Waals surface area contributed by atoms with Gasteiger partial charge in [0.15, 0.2) is 0 Å². The Bertz CT molecular complexity index is 1170. The van der Waals surface area contributed by atoms with Crippen LogP contribution in [0.5, 0.6) is 5.75 Å².